The Hall–Kier alpha value is -1.71. The molecular weight excluding hydrogens is 432 g/mol. The third kappa shape index (κ3) is 4.64. The Morgan fingerprint density at radius 1 is 1.14 bits per heavy atom. The lowest BCUT2D eigenvalue weighted by Gasteiger charge is -2.26. The van der Waals surface area contributed by atoms with Gasteiger partial charge in [-0.15, -0.1) is 0 Å². The average Bonchev–Trinajstić information content (AvgIpc) is 2.67. The van der Waals surface area contributed by atoms with E-state index in [4.69, 9.17) is 32.7 Å². The van der Waals surface area contributed by atoms with Crippen LogP contribution in [0.25, 0.3) is 0 Å². The van der Waals surface area contributed by atoms with E-state index in [0.717, 1.165) is 6.07 Å². The van der Waals surface area contributed by atoms with Crippen molar-refractivity contribution in [3.8, 4) is 0 Å². The molecule has 0 atom stereocenters. The Kier molecular flexibility index (Phi) is 6.57. The molecule has 2 aromatic carbocycles. The SMILES string of the molecule is O=C(OCc1cccc(F)c1)c1cc(S(=O)(=O)N2CCOCC2)c(Cl)cc1Cl. The minimum Gasteiger partial charge on any atom is -0.457 e. The van der Waals surface area contributed by atoms with Gasteiger partial charge in [-0.05, 0) is 29.8 Å². The van der Waals surface area contributed by atoms with Gasteiger partial charge in [0.1, 0.15) is 17.3 Å². The number of nitrogens with zero attached hydrogens (tertiary/aromatic N) is 1. The van der Waals surface area contributed by atoms with E-state index in [1.165, 1.54) is 28.6 Å². The van der Waals surface area contributed by atoms with Crippen LogP contribution in [0, 0.1) is 5.82 Å². The minimum atomic E-state index is -3.93. The zero-order valence-electron chi connectivity index (χ0n) is 14.5. The molecule has 150 valence electrons. The van der Waals surface area contributed by atoms with Gasteiger partial charge in [-0.2, -0.15) is 4.31 Å². The van der Waals surface area contributed by atoms with Crippen LogP contribution in [0.5, 0.6) is 0 Å². The molecule has 0 radical (unpaired) electrons. The summed E-state index contributed by atoms with van der Waals surface area (Å²) in [6.07, 6.45) is 0. The number of halogens is 3. The van der Waals surface area contributed by atoms with Crippen molar-refractivity contribution in [2.75, 3.05) is 26.3 Å². The summed E-state index contributed by atoms with van der Waals surface area (Å²) in [6.45, 7) is 0.711. The lowest BCUT2D eigenvalue weighted by Crippen LogP contribution is -2.40. The Balaban J connectivity index is 1.85. The molecule has 0 N–H and O–H groups in total. The standard InChI is InChI=1S/C18H16Cl2FNO5S/c19-15-10-16(20)17(28(24,25)22-4-6-26-7-5-22)9-14(15)18(23)27-11-12-2-1-3-13(21)8-12/h1-3,8-10H,4-7,11H2. The fourth-order valence-electron chi connectivity index (χ4n) is 2.66. The fraction of sp³-hybridized carbons (Fsp3) is 0.278. The summed E-state index contributed by atoms with van der Waals surface area (Å²) in [5, 5.41) is -0.145. The molecule has 1 aliphatic heterocycles. The fourth-order valence-corrected chi connectivity index (χ4v) is 4.90. The van der Waals surface area contributed by atoms with Gasteiger partial charge in [-0.1, -0.05) is 35.3 Å². The first-order valence-corrected chi connectivity index (χ1v) is 10.5. The van der Waals surface area contributed by atoms with Crippen LogP contribution < -0.4 is 0 Å². The molecule has 0 aromatic heterocycles. The molecule has 3 rings (SSSR count). The Morgan fingerprint density at radius 2 is 1.86 bits per heavy atom. The number of hydrogen-bond donors (Lipinski definition) is 0. The maximum Gasteiger partial charge on any atom is 0.340 e. The van der Waals surface area contributed by atoms with Gasteiger partial charge in [0.25, 0.3) is 0 Å². The topological polar surface area (TPSA) is 72.9 Å². The first-order valence-electron chi connectivity index (χ1n) is 8.27. The van der Waals surface area contributed by atoms with Crippen LogP contribution >= 0.6 is 23.2 Å². The summed E-state index contributed by atoms with van der Waals surface area (Å²) in [7, 11) is -3.93. The first kappa shape index (κ1) is 21.0. The first-order chi connectivity index (χ1) is 13.3. The van der Waals surface area contributed by atoms with Crippen LogP contribution in [0.15, 0.2) is 41.3 Å². The number of morpholine rings is 1. The number of benzene rings is 2. The summed E-state index contributed by atoms with van der Waals surface area (Å²) < 4.78 is 50.5. The van der Waals surface area contributed by atoms with Crippen molar-refractivity contribution in [1.29, 1.82) is 0 Å². The van der Waals surface area contributed by atoms with Crippen molar-refractivity contribution in [2.45, 2.75) is 11.5 Å². The summed E-state index contributed by atoms with van der Waals surface area (Å²) in [4.78, 5) is 12.2. The van der Waals surface area contributed by atoms with E-state index in [-0.39, 0.29) is 53.4 Å². The summed E-state index contributed by atoms with van der Waals surface area (Å²) in [5.41, 5.74) is 0.300. The predicted octanol–water partition coefficient (Wildman–Crippen LogP) is 3.51. The van der Waals surface area contributed by atoms with Crippen molar-refractivity contribution >= 4 is 39.2 Å². The number of carbonyl (C=O) groups is 1. The van der Waals surface area contributed by atoms with Gasteiger partial charge in [-0.25, -0.2) is 17.6 Å². The number of hydrogen-bond acceptors (Lipinski definition) is 5. The van der Waals surface area contributed by atoms with E-state index in [0.29, 0.717) is 5.56 Å². The van der Waals surface area contributed by atoms with E-state index in [2.05, 4.69) is 0 Å². The van der Waals surface area contributed by atoms with Crippen molar-refractivity contribution in [2.24, 2.45) is 0 Å². The highest BCUT2D eigenvalue weighted by Crippen LogP contribution is 2.31. The highest BCUT2D eigenvalue weighted by atomic mass is 35.5. The van der Waals surface area contributed by atoms with Gasteiger partial charge in [0, 0.05) is 13.1 Å². The maximum atomic E-state index is 13.2. The third-order valence-corrected chi connectivity index (χ3v) is 6.76. The largest absolute Gasteiger partial charge is 0.457 e. The Labute approximate surface area is 171 Å². The molecule has 0 amide bonds. The lowest BCUT2D eigenvalue weighted by atomic mass is 10.2. The van der Waals surface area contributed by atoms with Crippen molar-refractivity contribution < 1.29 is 27.1 Å². The summed E-state index contributed by atoms with van der Waals surface area (Å²) >= 11 is 12.2. The van der Waals surface area contributed by atoms with E-state index in [1.54, 1.807) is 6.07 Å². The molecule has 0 spiro atoms. The quantitative estimate of drug-likeness (QED) is 0.655. The van der Waals surface area contributed by atoms with Gasteiger partial charge in [0.2, 0.25) is 10.0 Å². The van der Waals surface area contributed by atoms with Gasteiger partial charge in [0.15, 0.2) is 0 Å². The number of rotatable bonds is 5. The monoisotopic (exact) mass is 447 g/mol. The van der Waals surface area contributed by atoms with Crippen LogP contribution in [0.1, 0.15) is 15.9 Å². The van der Waals surface area contributed by atoms with E-state index in [1.807, 2.05) is 0 Å². The molecule has 1 saturated heterocycles. The molecule has 0 unspecified atom stereocenters. The van der Waals surface area contributed by atoms with Crippen molar-refractivity contribution in [1.82, 2.24) is 4.31 Å². The molecule has 0 saturated carbocycles. The molecule has 1 aliphatic rings. The second-order valence-electron chi connectivity index (χ2n) is 5.98. The van der Waals surface area contributed by atoms with Crippen LogP contribution in [-0.4, -0.2) is 45.0 Å². The van der Waals surface area contributed by atoms with Gasteiger partial charge < -0.3 is 9.47 Å². The van der Waals surface area contributed by atoms with Gasteiger partial charge in [0.05, 0.1) is 28.8 Å². The maximum absolute atomic E-state index is 13.2. The highest BCUT2D eigenvalue weighted by Gasteiger charge is 2.30. The number of carbonyl (C=O) groups excluding carboxylic acids is 1. The van der Waals surface area contributed by atoms with E-state index in [9.17, 15) is 17.6 Å². The third-order valence-electron chi connectivity index (χ3n) is 4.09. The average molecular weight is 448 g/mol. The molecule has 2 aromatic rings. The van der Waals surface area contributed by atoms with Crippen LogP contribution in [0.3, 0.4) is 0 Å². The molecular formula is C18H16Cl2FNO5S. The van der Waals surface area contributed by atoms with Crippen molar-refractivity contribution in [3.05, 3.63) is 63.4 Å². The summed E-state index contributed by atoms with van der Waals surface area (Å²) in [5.74, 6) is -1.30. The highest BCUT2D eigenvalue weighted by molar-refractivity contribution is 7.89. The Bertz CT molecular complexity index is 993. The second-order valence-corrected chi connectivity index (χ2v) is 8.71. The number of esters is 1. The second kappa shape index (κ2) is 8.75. The summed E-state index contributed by atoms with van der Waals surface area (Å²) in [6, 6.07) is 7.86. The zero-order chi connectivity index (χ0) is 20.3. The van der Waals surface area contributed by atoms with Gasteiger partial charge >= 0.3 is 5.97 Å². The van der Waals surface area contributed by atoms with Gasteiger partial charge in [-0.3, -0.25) is 0 Å². The van der Waals surface area contributed by atoms with E-state index < -0.39 is 21.8 Å². The van der Waals surface area contributed by atoms with Crippen molar-refractivity contribution in [3.63, 3.8) is 0 Å². The molecule has 1 heterocycles. The molecule has 1 fully saturated rings. The predicted molar refractivity (Wildman–Crippen MR) is 102 cm³/mol. The molecule has 28 heavy (non-hydrogen) atoms. The zero-order valence-corrected chi connectivity index (χ0v) is 16.9. The number of ether oxygens (including phenoxy) is 2. The minimum absolute atomic E-state index is 0.0461. The van der Waals surface area contributed by atoms with Crippen LogP contribution in [0.2, 0.25) is 10.0 Å². The van der Waals surface area contributed by atoms with Crippen LogP contribution in [-0.2, 0) is 26.1 Å². The Morgan fingerprint density at radius 3 is 2.54 bits per heavy atom. The smallest absolute Gasteiger partial charge is 0.340 e. The molecule has 6 nitrogen and oxygen atoms in total. The van der Waals surface area contributed by atoms with E-state index >= 15 is 0 Å². The molecule has 0 aliphatic carbocycles. The molecule has 0 bridgehead atoms. The normalized spacial score (nSPS) is 15.4. The lowest BCUT2D eigenvalue weighted by molar-refractivity contribution is 0.0472. The van der Waals surface area contributed by atoms with Crippen LogP contribution in [0.4, 0.5) is 4.39 Å². The number of sulfonamides is 1. The molecule has 10 heteroatoms.